The average Bonchev–Trinajstić information content (AvgIpc) is 3.07. The monoisotopic (exact) mass is 359 g/mol. The lowest BCUT2D eigenvalue weighted by molar-refractivity contribution is -0.120. The fourth-order valence-electron chi connectivity index (χ4n) is 2.58. The van der Waals surface area contributed by atoms with Crippen LogP contribution in [0.4, 0.5) is 10.5 Å². The Balaban J connectivity index is 1.55. The Bertz CT molecular complexity index is 716. The third-order valence-corrected chi connectivity index (χ3v) is 4.88. The van der Waals surface area contributed by atoms with Gasteiger partial charge in [-0.25, -0.2) is 4.79 Å². The van der Waals surface area contributed by atoms with Gasteiger partial charge in [0.25, 0.3) is 0 Å². The molecule has 7 heteroatoms. The summed E-state index contributed by atoms with van der Waals surface area (Å²) in [5, 5.41) is 7.69. The van der Waals surface area contributed by atoms with Gasteiger partial charge in [-0.3, -0.25) is 4.79 Å². The average molecular weight is 359 g/mol. The molecule has 2 aromatic rings. The lowest BCUT2D eigenvalue weighted by atomic mass is 10.3. The molecule has 6 nitrogen and oxygen atoms in total. The summed E-state index contributed by atoms with van der Waals surface area (Å²) in [6.45, 7) is 3.35. The van der Waals surface area contributed by atoms with Crippen LogP contribution >= 0.6 is 11.3 Å². The van der Waals surface area contributed by atoms with Crippen LogP contribution in [0, 0.1) is 0 Å². The first-order chi connectivity index (χ1) is 12.1. The number of anilines is 1. The van der Waals surface area contributed by atoms with Gasteiger partial charge in [0.2, 0.25) is 5.91 Å². The van der Waals surface area contributed by atoms with Crippen LogP contribution in [0.1, 0.15) is 18.2 Å². The van der Waals surface area contributed by atoms with E-state index in [9.17, 15) is 9.59 Å². The Morgan fingerprint density at radius 3 is 2.88 bits per heavy atom. The Hall–Kier alpha value is -2.54. The fraction of sp³-hybridized carbons (Fsp3) is 0.333. The van der Waals surface area contributed by atoms with Crippen LogP contribution in [0.25, 0.3) is 0 Å². The van der Waals surface area contributed by atoms with Gasteiger partial charge in [-0.15, -0.1) is 11.3 Å². The second-order valence-electron chi connectivity index (χ2n) is 5.92. The highest BCUT2D eigenvalue weighted by Crippen LogP contribution is 2.19. The summed E-state index contributed by atoms with van der Waals surface area (Å²) in [6, 6.07) is 11.1. The standard InChI is InChI=1S/C18H21N3O3S/c1-13-11-19-17(22)8-9-21(13)18(23)20-14-4-6-15(7-5-14)24-12-16-3-2-10-25-16/h2-7,10,13H,8-9,11-12H2,1H3,(H,19,22)(H,20,23). The lowest BCUT2D eigenvalue weighted by Crippen LogP contribution is -2.44. The van der Waals surface area contributed by atoms with E-state index in [-0.39, 0.29) is 18.0 Å². The number of thiophene rings is 1. The van der Waals surface area contributed by atoms with E-state index < -0.39 is 0 Å². The smallest absolute Gasteiger partial charge is 0.322 e. The molecule has 1 aromatic heterocycles. The molecule has 1 fully saturated rings. The Morgan fingerprint density at radius 1 is 1.36 bits per heavy atom. The first-order valence-electron chi connectivity index (χ1n) is 8.21. The number of amides is 3. The van der Waals surface area contributed by atoms with Crippen molar-refractivity contribution in [2.75, 3.05) is 18.4 Å². The van der Waals surface area contributed by atoms with Gasteiger partial charge in [-0.1, -0.05) is 6.07 Å². The van der Waals surface area contributed by atoms with E-state index in [1.165, 1.54) is 0 Å². The van der Waals surface area contributed by atoms with Gasteiger partial charge >= 0.3 is 6.03 Å². The first-order valence-corrected chi connectivity index (χ1v) is 9.09. The molecule has 3 rings (SSSR count). The quantitative estimate of drug-likeness (QED) is 0.881. The highest BCUT2D eigenvalue weighted by atomic mass is 32.1. The number of rotatable bonds is 4. The van der Waals surface area contributed by atoms with Crippen molar-refractivity contribution < 1.29 is 14.3 Å². The summed E-state index contributed by atoms with van der Waals surface area (Å²) in [6.07, 6.45) is 0.327. The topological polar surface area (TPSA) is 70.7 Å². The van der Waals surface area contributed by atoms with Crippen LogP contribution in [-0.4, -0.2) is 36.0 Å². The lowest BCUT2D eigenvalue weighted by Gasteiger charge is -2.26. The van der Waals surface area contributed by atoms with Crippen molar-refractivity contribution in [2.24, 2.45) is 0 Å². The maximum Gasteiger partial charge on any atom is 0.322 e. The minimum Gasteiger partial charge on any atom is -0.488 e. The minimum absolute atomic E-state index is 0.0191. The van der Waals surface area contributed by atoms with E-state index in [2.05, 4.69) is 10.6 Å². The summed E-state index contributed by atoms with van der Waals surface area (Å²) in [4.78, 5) is 26.7. The molecule has 0 bridgehead atoms. The molecule has 1 unspecified atom stereocenters. The van der Waals surface area contributed by atoms with Crippen molar-refractivity contribution in [3.63, 3.8) is 0 Å². The maximum absolute atomic E-state index is 12.4. The van der Waals surface area contributed by atoms with Crippen LogP contribution in [0.3, 0.4) is 0 Å². The summed E-state index contributed by atoms with van der Waals surface area (Å²) in [5.41, 5.74) is 0.698. The molecular formula is C18H21N3O3S. The van der Waals surface area contributed by atoms with E-state index in [4.69, 9.17) is 4.74 Å². The molecule has 1 saturated heterocycles. The van der Waals surface area contributed by atoms with E-state index in [0.717, 1.165) is 10.6 Å². The SMILES string of the molecule is CC1CNC(=O)CCN1C(=O)Nc1ccc(OCc2cccs2)cc1. The third kappa shape index (κ3) is 4.73. The number of urea groups is 1. The highest BCUT2D eigenvalue weighted by molar-refractivity contribution is 7.09. The minimum atomic E-state index is -0.198. The van der Waals surface area contributed by atoms with Gasteiger partial charge in [0.1, 0.15) is 12.4 Å². The molecule has 0 spiro atoms. The number of hydrogen-bond acceptors (Lipinski definition) is 4. The molecule has 132 valence electrons. The van der Waals surface area contributed by atoms with Gasteiger partial charge in [0.15, 0.2) is 0 Å². The van der Waals surface area contributed by atoms with Crippen LogP contribution in [-0.2, 0) is 11.4 Å². The summed E-state index contributed by atoms with van der Waals surface area (Å²) in [5.74, 6) is 0.735. The molecule has 0 radical (unpaired) electrons. The van der Waals surface area contributed by atoms with Gasteiger partial charge in [0, 0.05) is 36.1 Å². The predicted molar refractivity (Wildman–Crippen MR) is 97.9 cm³/mol. The van der Waals surface area contributed by atoms with Crippen molar-refractivity contribution in [1.82, 2.24) is 10.2 Å². The number of carbonyl (C=O) groups excluding carboxylic acids is 2. The number of nitrogens with one attached hydrogen (secondary N) is 2. The number of ether oxygens (including phenoxy) is 1. The van der Waals surface area contributed by atoms with Gasteiger partial charge in [0.05, 0.1) is 0 Å². The molecule has 2 heterocycles. The zero-order valence-electron chi connectivity index (χ0n) is 14.0. The molecular weight excluding hydrogens is 338 g/mol. The Kier molecular flexibility index (Phi) is 5.55. The van der Waals surface area contributed by atoms with Crippen molar-refractivity contribution in [3.05, 3.63) is 46.7 Å². The normalized spacial score (nSPS) is 17.6. The van der Waals surface area contributed by atoms with Crippen molar-refractivity contribution in [1.29, 1.82) is 0 Å². The third-order valence-electron chi connectivity index (χ3n) is 4.03. The van der Waals surface area contributed by atoms with E-state index >= 15 is 0 Å². The molecule has 1 aliphatic rings. The van der Waals surface area contributed by atoms with Crippen LogP contribution < -0.4 is 15.4 Å². The predicted octanol–water partition coefficient (Wildman–Crippen LogP) is 3.07. The maximum atomic E-state index is 12.4. The molecule has 0 saturated carbocycles. The summed E-state index contributed by atoms with van der Waals surface area (Å²) < 4.78 is 5.71. The molecule has 1 atom stereocenters. The van der Waals surface area contributed by atoms with Gasteiger partial charge in [-0.2, -0.15) is 0 Å². The second-order valence-corrected chi connectivity index (χ2v) is 6.95. The van der Waals surface area contributed by atoms with E-state index in [0.29, 0.717) is 31.8 Å². The first kappa shape index (κ1) is 17.3. The fourth-order valence-corrected chi connectivity index (χ4v) is 3.20. The zero-order chi connectivity index (χ0) is 17.6. The van der Waals surface area contributed by atoms with Gasteiger partial charge in [-0.05, 0) is 42.6 Å². The van der Waals surface area contributed by atoms with Crippen molar-refractivity contribution in [2.45, 2.75) is 26.0 Å². The van der Waals surface area contributed by atoms with Crippen molar-refractivity contribution >= 4 is 29.0 Å². The summed E-state index contributed by atoms with van der Waals surface area (Å²) >= 11 is 1.65. The largest absolute Gasteiger partial charge is 0.488 e. The second kappa shape index (κ2) is 8.02. The molecule has 1 aliphatic heterocycles. The number of hydrogen-bond donors (Lipinski definition) is 2. The van der Waals surface area contributed by atoms with E-state index in [1.807, 2.05) is 48.7 Å². The zero-order valence-corrected chi connectivity index (χ0v) is 14.8. The highest BCUT2D eigenvalue weighted by Gasteiger charge is 2.24. The molecule has 1 aromatic carbocycles. The van der Waals surface area contributed by atoms with E-state index in [1.54, 1.807) is 16.2 Å². The number of benzene rings is 1. The van der Waals surface area contributed by atoms with Crippen LogP contribution in [0.2, 0.25) is 0 Å². The van der Waals surface area contributed by atoms with Crippen LogP contribution in [0.5, 0.6) is 5.75 Å². The molecule has 0 aliphatic carbocycles. The Morgan fingerprint density at radius 2 is 2.16 bits per heavy atom. The summed E-state index contributed by atoms with van der Waals surface area (Å²) in [7, 11) is 0. The molecule has 25 heavy (non-hydrogen) atoms. The number of nitrogens with zero attached hydrogens (tertiary/aromatic N) is 1. The number of carbonyl (C=O) groups is 2. The van der Waals surface area contributed by atoms with Crippen LogP contribution in [0.15, 0.2) is 41.8 Å². The molecule has 3 amide bonds. The Labute approximate surface area is 150 Å². The van der Waals surface area contributed by atoms with Crippen molar-refractivity contribution in [3.8, 4) is 5.75 Å². The van der Waals surface area contributed by atoms with Gasteiger partial charge < -0.3 is 20.3 Å². The molecule has 2 N–H and O–H groups in total.